The van der Waals surface area contributed by atoms with Gasteiger partial charge in [0.1, 0.15) is 0 Å². The van der Waals surface area contributed by atoms with E-state index in [0.717, 1.165) is 11.1 Å². The fraction of sp³-hybridized carbons (Fsp3) is 0.440. The Kier molecular flexibility index (Phi) is 6.53. The van der Waals surface area contributed by atoms with E-state index >= 15 is 0 Å². The molecular weight excluding hydrogens is 449 g/mol. The van der Waals surface area contributed by atoms with E-state index in [2.05, 4.69) is 0 Å². The highest BCUT2D eigenvalue weighted by Crippen LogP contribution is 2.53. The Hall–Kier alpha value is -2.08. The van der Waals surface area contributed by atoms with Gasteiger partial charge in [0, 0.05) is 28.4 Å². The molecule has 5 nitrogen and oxygen atoms in total. The predicted octanol–water partition coefficient (Wildman–Crippen LogP) is 5.29. The predicted molar refractivity (Wildman–Crippen MR) is 124 cm³/mol. The number of carbonyl (C=O) groups excluding carboxylic acids is 2. The van der Waals surface area contributed by atoms with E-state index in [9.17, 15) is 14.7 Å². The molecule has 32 heavy (non-hydrogen) atoms. The third kappa shape index (κ3) is 4.26. The lowest BCUT2D eigenvalue weighted by Crippen LogP contribution is -2.66. The first-order valence-electron chi connectivity index (χ1n) is 11.0. The summed E-state index contributed by atoms with van der Waals surface area (Å²) in [6.07, 6.45) is 0.959. The molecule has 0 aliphatic carbocycles. The molecule has 5 unspecified atom stereocenters. The maximum atomic E-state index is 13.9. The van der Waals surface area contributed by atoms with Gasteiger partial charge < -0.3 is 14.7 Å². The van der Waals surface area contributed by atoms with Crippen molar-refractivity contribution in [3.8, 4) is 0 Å². The summed E-state index contributed by atoms with van der Waals surface area (Å²) in [6.45, 7) is 3.73. The van der Waals surface area contributed by atoms with Crippen molar-refractivity contribution in [2.75, 3.05) is 0 Å². The summed E-state index contributed by atoms with van der Waals surface area (Å²) >= 11 is 12.5. The van der Waals surface area contributed by atoms with E-state index in [4.69, 9.17) is 27.9 Å². The quantitative estimate of drug-likeness (QED) is 0.576. The van der Waals surface area contributed by atoms with Crippen LogP contribution in [0.5, 0.6) is 0 Å². The van der Waals surface area contributed by atoms with Gasteiger partial charge in [-0.15, -0.1) is 0 Å². The highest BCUT2D eigenvalue weighted by atomic mass is 35.5. The standard InChI is InChI=1S/C25H27Cl2NO4/c1-3-20(11-15(2)29)28-23(16-7-9-18(26)10-8-16)21(17-5-4-6-19(27)12-17)13-25(24(28)31)14-22(30)32-25/h4-10,12,15,20-21,23,29H,3,11,13-14H2,1-2H3. The Balaban J connectivity index is 1.87. The van der Waals surface area contributed by atoms with Gasteiger partial charge in [-0.3, -0.25) is 9.59 Å². The first-order valence-corrected chi connectivity index (χ1v) is 11.7. The van der Waals surface area contributed by atoms with E-state index in [1.165, 1.54) is 0 Å². The molecule has 7 heteroatoms. The van der Waals surface area contributed by atoms with Crippen LogP contribution >= 0.6 is 23.2 Å². The molecule has 5 atom stereocenters. The van der Waals surface area contributed by atoms with Gasteiger partial charge in [0.2, 0.25) is 5.60 Å². The minimum atomic E-state index is -1.17. The SMILES string of the molecule is CCC(CC(C)O)N1C(=O)C2(CC(=O)O2)CC(c2cccc(Cl)c2)C1c1ccc(Cl)cc1. The zero-order valence-corrected chi connectivity index (χ0v) is 19.6. The number of rotatable bonds is 6. The number of aliphatic hydroxyl groups is 1. The van der Waals surface area contributed by atoms with Crippen molar-refractivity contribution in [2.24, 2.45) is 0 Å². The van der Waals surface area contributed by atoms with Crippen molar-refractivity contribution in [3.63, 3.8) is 0 Å². The van der Waals surface area contributed by atoms with Gasteiger partial charge in [-0.25, -0.2) is 0 Å². The Morgan fingerprint density at radius 3 is 2.38 bits per heavy atom. The van der Waals surface area contributed by atoms with Crippen molar-refractivity contribution in [3.05, 3.63) is 69.7 Å². The van der Waals surface area contributed by atoms with Crippen LogP contribution in [0.15, 0.2) is 48.5 Å². The van der Waals surface area contributed by atoms with Crippen LogP contribution in [0, 0.1) is 0 Å². The molecule has 1 spiro atoms. The third-order valence-electron chi connectivity index (χ3n) is 6.56. The van der Waals surface area contributed by atoms with Crippen molar-refractivity contribution >= 4 is 35.1 Å². The second-order valence-electron chi connectivity index (χ2n) is 8.87. The summed E-state index contributed by atoms with van der Waals surface area (Å²) in [6, 6.07) is 14.6. The lowest BCUT2D eigenvalue weighted by Gasteiger charge is -2.54. The van der Waals surface area contributed by atoms with Gasteiger partial charge in [0.25, 0.3) is 5.91 Å². The Morgan fingerprint density at radius 1 is 1.12 bits per heavy atom. The zero-order chi connectivity index (χ0) is 23.0. The number of ether oxygens (including phenoxy) is 1. The Labute approximate surface area is 198 Å². The van der Waals surface area contributed by atoms with Crippen LogP contribution in [0.2, 0.25) is 10.0 Å². The third-order valence-corrected chi connectivity index (χ3v) is 7.05. The number of piperidine rings is 1. The number of benzene rings is 2. The summed E-state index contributed by atoms with van der Waals surface area (Å²) in [5, 5.41) is 11.4. The zero-order valence-electron chi connectivity index (χ0n) is 18.1. The van der Waals surface area contributed by atoms with Crippen LogP contribution in [-0.2, 0) is 14.3 Å². The second kappa shape index (κ2) is 9.05. The lowest BCUT2D eigenvalue weighted by atomic mass is 9.70. The first kappa shape index (κ1) is 23.1. The number of halogens is 2. The Bertz CT molecular complexity index is 999. The number of esters is 1. The van der Waals surface area contributed by atoms with Gasteiger partial charge in [-0.1, -0.05) is 54.4 Å². The molecule has 0 saturated carbocycles. The molecular formula is C25H27Cl2NO4. The maximum absolute atomic E-state index is 13.9. The molecule has 2 saturated heterocycles. The average Bonchev–Trinajstić information content (AvgIpc) is 2.73. The molecule has 2 fully saturated rings. The van der Waals surface area contributed by atoms with E-state index in [1.54, 1.807) is 6.92 Å². The van der Waals surface area contributed by atoms with Gasteiger partial charge in [-0.2, -0.15) is 0 Å². The van der Waals surface area contributed by atoms with E-state index in [0.29, 0.717) is 29.3 Å². The number of carbonyl (C=O) groups is 2. The minimum absolute atomic E-state index is 0.0673. The van der Waals surface area contributed by atoms with Gasteiger partial charge in [0.15, 0.2) is 0 Å². The second-order valence-corrected chi connectivity index (χ2v) is 9.74. The lowest BCUT2D eigenvalue weighted by molar-refractivity contribution is -0.213. The van der Waals surface area contributed by atoms with Crippen LogP contribution in [0.3, 0.4) is 0 Å². The number of amides is 1. The number of likely N-dealkylation sites (tertiary alicyclic amines) is 1. The van der Waals surface area contributed by atoms with Crippen LogP contribution in [0.4, 0.5) is 0 Å². The molecule has 2 aromatic carbocycles. The van der Waals surface area contributed by atoms with Crippen LogP contribution in [0.1, 0.15) is 62.6 Å². The summed E-state index contributed by atoms with van der Waals surface area (Å²) in [4.78, 5) is 27.6. The average molecular weight is 476 g/mol. The van der Waals surface area contributed by atoms with E-state index < -0.39 is 11.7 Å². The molecule has 4 rings (SSSR count). The first-order chi connectivity index (χ1) is 15.2. The Morgan fingerprint density at radius 2 is 1.81 bits per heavy atom. The largest absolute Gasteiger partial charge is 0.448 e. The number of aliphatic hydroxyl groups excluding tert-OH is 1. The highest BCUT2D eigenvalue weighted by Gasteiger charge is 2.61. The fourth-order valence-electron chi connectivity index (χ4n) is 5.14. The van der Waals surface area contributed by atoms with E-state index in [1.807, 2.05) is 60.4 Å². The van der Waals surface area contributed by atoms with Crippen LogP contribution in [0.25, 0.3) is 0 Å². The van der Waals surface area contributed by atoms with Gasteiger partial charge in [-0.05, 0) is 55.2 Å². The number of nitrogens with zero attached hydrogens (tertiary/aromatic N) is 1. The molecule has 170 valence electrons. The number of hydrogen-bond donors (Lipinski definition) is 1. The topological polar surface area (TPSA) is 66.8 Å². The minimum Gasteiger partial charge on any atom is -0.448 e. The summed E-state index contributed by atoms with van der Waals surface area (Å²) in [5.41, 5.74) is 0.750. The maximum Gasteiger partial charge on any atom is 0.311 e. The summed E-state index contributed by atoms with van der Waals surface area (Å²) in [7, 11) is 0. The van der Waals surface area contributed by atoms with Crippen LogP contribution < -0.4 is 0 Å². The van der Waals surface area contributed by atoms with Crippen LogP contribution in [-0.4, -0.2) is 39.6 Å². The summed E-state index contributed by atoms with van der Waals surface area (Å²) < 4.78 is 5.55. The molecule has 2 aromatic rings. The smallest absolute Gasteiger partial charge is 0.311 e. The molecule has 1 amide bonds. The van der Waals surface area contributed by atoms with Crippen molar-refractivity contribution in [1.82, 2.24) is 4.90 Å². The fourth-order valence-corrected chi connectivity index (χ4v) is 5.46. The van der Waals surface area contributed by atoms with Crippen molar-refractivity contribution < 1.29 is 19.4 Å². The van der Waals surface area contributed by atoms with Crippen molar-refractivity contribution in [2.45, 2.75) is 69.2 Å². The summed E-state index contributed by atoms with van der Waals surface area (Å²) in [5.74, 6) is -0.705. The monoisotopic (exact) mass is 475 g/mol. The molecule has 2 aliphatic rings. The number of hydrogen-bond acceptors (Lipinski definition) is 4. The molecule has 1 N–H and O–H groups in total. The van der Waals surface area contributed by atoms with E-state index in [-0.39, 0.29) is 36.3 Å². The molecule has 2 heterocycles. The van der Waals surface area contributed by atoms with Gasteiger partial charge >= 0.3 is 5.97 Å². The molecule has 0 radical (unpaired) electrons. The molecule has 0 bridgehead atoms. The highest BCUT2D eigenvalue weighted by molar-refractivity contribution is 6.30. The van der Waals surface area contributed by atoms with Gasteiger partial charge in [0.05, 0.1) is 18.6 Å². The molecule has 0 aromatic heterocycles. The van der Waals surface area contributed by atoms with Crippen molar-refractivity contribution in [1.29, 1.82) is 0 Å². The normalized spacial score (nSPS) is 27.1. The molecule has 2 aliphatic heterocycles.